The average Bonchev–Trinajstić information content (AvgIpc) is 3.15. The molecule has 0 radical (unpaired) electrons. The second kappa shape index (κ2) is 8.67. The van der Waals surface area contributed by atoms with Gasteiger partial charge in [0.15, 0.2) is 0 Å². The number of nitrogens with zero attached hydrogens (tertiary/aromatic N) is 4. The lowest BCUT2D eigenvalue weighted by molar-refractivity contribution is 0.107. The summed E-state index contributed by atoms with van der Waals surface area (Å²) in [5, 5.41) is 4.39. The van der Waals surface area contributed by atoms with Crippen LogP contribution in [0.1, 0.15) is 22.9 Å². The Labute approximate surface area is 166 Å². The Morgan fingerprint density at radius 2 is 1.64 bits per heavy atom. The Kier molecular flexibility index (Phi) is 5.84. The Hall–Kier alpha value is -2.50. The van der Waals surface area contributed by atoms with E-state index in [1.807, 2.05) is 30.1 Å². The van der Waals surface area contributed by atoms with Crippen molar-refractivity contribution in [1.29, 1.82) is 0 Å². The highest BCUT2D eigenvalue weighted by Gasteiger charge is 2.28. The van der Waals surface area contributed by atoms with Crippen molar-refractivity contribution in [3.63, 3.8) is 0 Å². The molecule has 2 heterocycles. The Bertz CT molecular complexity index is 867. The van der Waals surface area contributed by atoms with E-state index in [4.69, 9.17) is 0 Å². The highest BCUT2D eigenvalue weighted by Crippen LogP contribution is 2.29. The molecular weight excluding hydrogens is 351 g/mol. The zero-order chi connectivity index (χ0) is 19.3. The van der Waals surface area contributed by atoms with E-state index in [0.29, 0.717) is 0 Å². The van der Waals surface area contributed by atoms with Gasteiger partial charge in [0.2, 0.25) is 0 Å². The number of benzene rings is 2. The lowest BCUT2D eigenvalue weighted by Gasteiger charge is -2.39. The first kappa shape index (κ1) is 18.8. The van der Waals surface area contributed by atoms with Gasteiger partial charge in [-0.3, -0.25) is 9.58 Å². The van der Waals surface area contributed by atoms with Crippen LogP contribution >= 0.6 is 0 Å². The lowest BCUT2D eigenvalue weighted by atomic mass is 10.0. The van der Waals surface area contributed by atoms with Crippen LogP contribution in [0.5, 0.6) is 0 Å². The summed E-state index contributed by atoms with van der Waals surface area (Å²) < 4.78 is 15.0. The molecule has 0 spiro atoms. The predicted octanol–water partition coefficient (Wildman–Crippen LogP) is 3.51. The van der Waals surface area contributed by atoms with Crippen molar-refractivity contribution in [3.05, 3.63) is 89.5 Å². The first-order valence-electron chi connectivity index (χ1n) is 9.94. The maximum Gasteiger partial charge on any atom is 0.123 e. The molecule has 1 fully saturated rings. The number of halogens is 1. The van der Waals surface area contributed by atoms with E-state index in [1.54, 1.807) is 12.1 Å². The van der Waals surface area contributed by atoms with Crippen LogP contribution in [0.25, 0.3) is 0 Å². The molecule has 1 atom stereocenters. The molecule has 4 nitrogen and oxygen atoms in total. The van der Waals surface area contributed by atoms with Gasteiger partial charge in [0.25, 0.3) is 0 Å². The molecule has 2 aromatic carbocycles. The normalized spacial score (nSPS) is 16.9. The van der Waals surface area contributed by atoms with Gasteiger partial charge in [0, 0.05) is 46.0 Å². The van der Waals surface area contributed by atoms with Crippen LogP contribution in [0.15, 0.2) is 66.9 Å². The summed E-state index contributed by atoms with van der Waals surface area (Å²) in [5.41, 5.74) is 3.73. The van der Waals surface area contributed by atoms with Crippen molar-refractivity contribution < 1.29 is 4.39 Å². The van der Waals surface area contributed by atoms with Gasteiger partial charge in [0.1, 0.15) is 5.82 Å². The molecule has 28 heavy (non-hydrogen) atoms. The molecule has 1 aliphatic heterocycles. The Morgan fingerprint density at radius 1 is 0.929 bits per heavy atom. The molecular formula is C23H27FN4. The highest BCUT2D eigenvalue weighted by atomic mass is 19.1. The van der Waals surface area contributed by atoms with Crippen molar-refractivity contribution in [2.24, 2.45) is 7.05 Å². The van der Waals surface area contributed by atoms with Gasteiger partial charge in [-0.2, -0.15) is 5.10 Å². The van der Waals surface area contributed by atoms with E-state index in [-0.39, 0.29) is 11.9 Å². The van der Waals surface area contributed by atoms with E-state index in [1.165, 1.54) is 16.8 Å². The minimum atomic E-state index is -0.167. The lowest BCUT2D eigenvalue weighted by Crippen LogP contribution is -2.48. The predicted molar refractivity (Wildman–Crippen MR) is 110 cm³/mol. The largest absolute Gasteiger partial charge is 0.300 e. The topological polar surface area (TPSA) is 24.3 Å². The molecule has 1 aliphatic rings. The number of hydrogen-bond acceptors (Lipinski definition) is 3. The standard InChI is InChI=1S/C23H27FN4/c1-26-22(11-13-25-26)23(20-5-3-2-4-6-20)28-17-15-27(16-18-28)14-12-19-7-9-21(24)10-8-19/h2-11,13,23H,12,14-18H2,1H3. The van der Waals surface area contributed by atoms with Crippen molar-refractivity contribution in [1.82, 2.24) is 19.6 Å². The van der Waals surface area contributed by atoms with E-state index < -0.39 is 0 Å². The summed E-state index contributed by atoms with van der Waals surface area (Å²) in [6.07, 6.45) is 2.84. The molecule has 0 N–H and O–H groups in total. The minimum absolute atomic E-state index is 0.167. The maximum absolute atomic E-state index is 13.1. The van der Waals surface area contributed by atoms with Gasteiger partial charge in [-0.15, -0.1) is 0 Å². The number of hydrogen-bond donors (Lipinski definition) is 0. The zero-order valence-corrected chi connectivity index (χ0v) is 16.3. The van der Waals surface area contributed by atoms with Gasteiger partial charge in [-0.05, 0) is 35.7 Å². The van der Waals surface area contributed by atoms with Crippen molar-refractivity contribution in [2.45, 2.75) is 12.5 Å². The van der Waals surface area contributed by atoms with Crippen LogP contribution < -0.4 is 0 Å². The zero-order valence-electron chi connectivity index (χ0n) is 16.3. The second-order valence-corrected chi connectivity index (χ2v) is 7.45. The van der Waals surface area contributed by atoms with E-state index >= 15 is 0 Å². The summed E-state index contributed by atoms with van der Waals surface area (Å²) >= 11 is 0. The van der Waals surface area contributed by atoms with E-state index in [2.05, 4.69) is 51.3 Å². The molecule has 146 valence electrons. The third-order valence-corrected chi connectivity index (χ3v) is 5.66. The molecule has 0 amide bonds. The van der Waals surface area contributed by atoms with E-state index in [9.17, 15) is 4.39 Å². The number of aryl methyl sites for hydroxylation is 1. The minimum Gasteiger partial charge on any atom is -0.300 e. The molecule has 5 heteroatoms. The summed E-state index contributed by atoms with van der Waals surface area (Å²) in [7, 11) is 2.02. The molecule has 0 bridgehead atoms. The SMILES string of the molecule is Cn1nccc1C(c1ccccc1)N1CCN(CCc2ccc(F)cc2)CC1. The smallest absolute Gasteiger partial charge is 0.123 e. The summed E-state index contributed by atoms with van der Waals surface area (Å²) in [6, 6.07) is 19.9. The first-order chi connectivity index (χ1) is 13.7. The van der Waals surface area contributed by atoms with Crippen molar-refractivity contribution >= 4 is 0 Å². The molecule has 1 saturated heterocycles. The van der Waals surface area contributed by atoms with Crippen LogP contribution in [0.2, 0.25) is 0 Å². The maximum atomic E-state index is 13.1. The second-order valence-electron chi connectivity index (χ2n) is 7.45. The monoisotopic (exact) mass is 378 g/mol. The van der Waals surface area contributed by atoms with Crippen LogP contribution in [-0.4, -0.2) is 52.3 Å². The van der Waals surface area contributed by atoms with Crippen molar-refractivity contribution in [2.75, 3.05) is 32.7 Å². The highest BCUT2D eigenvalue weighted by molar-refractivity contribution is 5.28. The molecule has 4 rings (SSSR count). The summed E-state index contributed by atoms with van der Waals surface area (Å²) in [5.74, 6) is -0.167. The fourth-order valence-electron chi connectivity index (χ4n) is 4.04. The van der Waals surface area contributed by atoms with Crippen LogP contribution in [0.4, 0.5) is 4.39 Å². The Balaban J connectivity index is 1.40. The summed E-state index contributed by atoms with van der Waals surface area (Å²) in [4.78, 5) is 5.06. The van der Waals surface area contributed by atoms with Crippen LogP contribution in [0, 0.1) is 5.82 Å². The van der Waals surface area contributed by atoms with Gasteiger partial charge in [0.05, 0.1) is 11.7 Å². The quantitative estimate of drug-likeness (QED) is 0.656. The molecule has 0 aliphatic carbocycles. The average molecular weight is 378 g/mol. The first-order valence-corrected chi connectivity index (χ1v) is 9.94. The Morgan fingerprint density at radius 3 is 2.29 bits per heavy atom. The fraction of sp³-hybridized carbons (Fsp3) is 0.348. The molecule has 0 saturated carbocycles. The summed E-state index contributed by atoms with van der Waals surface area (Å²) in [6.45, 7) is 5.15. The molecule has 1 unspecified atom stereocenters. The number of aromatic nitrogens is 2. The molecule has 1 aromatic heterocycles. The van der Waals surface area contributed by atoms with E-state index in [0.717, 1.165) is 39.1 Å². The van der Waals surface area contributed by atoms with Gasteiger partial charge in [-0.1, -0.05) is 42.5 Å². The molecule has 3 aromatic rings. The van der Waals surface area contributed by atoms with Gasteiger partial charge < -0.3 is 4.90 Å². The number of rotatable bonds is 6. The third kappa shape index (κ3) is 4.32. The van der Waals surface area contributed by atoms with Crippen molar-refractivity contribution in [3.8, 4) is 0 Å². The van der Waals surface area contributed by atoms with Crippen LogP contribution in [-0.2, 0) is 13.5 Å². The fourth-order valence-corrected chi connectivity index (χ4v) is 4.04. The third-order valence-electron chi connectivity index (χ3n) is 5.66. The van der Waals surface area contributed by atoms with Gasteiger partial charge in [-0.25, -0.2) is 4.39 Å². The number of piperazine rings is 1. The van der Waals surface area contributed by atoms with Gasteiger partial charge >= 0.3 is 0 Å². The van der Waals surface area contributed by atoms with Crippen LogP contribution in [0.3, 0.4) is 0 Å².